The first-order chi connectivity index (χ1) is 12.7. The molecule has 0 amide bonds. The number of anilines is 1. The number of nitrogens with zero attached hydrogens (tertiary/aromatic N) is 1. The van der Waals surface area contributed by atoms with Crippen molar-refractivity contribution in [3.63, 3.8) is 0 Å². The normalized spacial score (nSPS) is 11.1. The second kappa shape index (κ2) is 8.54. The number of ether oxygens (including phenoxy) is 2. The van der Waals surface area contributed by atoms with Crippen molar-refractivity contribution >= 4 is 33.1 Å². The molecule has 0 saturated heterocycles. The number of nitrogens with one attached hydrogen (secondary N) is 1. The third kappa shape index (κ3) is 4.64. The number of hydrogen-bond acceptors (Lipinski definition) is 3. The summed E-state index contributed by atoms with van der Waals surface area (Å²) >= 11 is 3.47. The molecule has 0 aliphatic heterocycles. The third-order valence-corrected chi connectivity index (χ3v) is 4.31. The highest BCUT2D eigenvalue weighted by molar-refractivity contribution is 9.10. The van der Waals surface area contributed by atoms with Crippen molar-refractivity contribution in [2.45, 2.75) is 0 Å². The molecule has 0 heterocycles. The van der Waals surface area contributed by atoms with Crippen molar-refractivity contribution in [1.29, 1.82) is 0 Å². The number of aliphatic imine (C=N–C) groups is 1. The molecular formula is C21H19BrN2O2. The standard InChI is InChI=1S/C21H19BrN2O2/c1-25-19-11-7-17(8-12-19)23-21(15-3-5-16(22)6-4-15)24-18-9-13-20(26-2)14-10-18/h3-14H,1-2H3,(H,23,24). The van der Waals surface area contributed by atoms with Gasteiger partial charge in [0.25, 0.3) is 0 Å². The van der Waals surface area contributed by atoms with E-state index in [0.717, 1.165) is 38.7 Å². The molecule has 0 aromatic heterocycles. The van der Waals surface area contributed by atoms with Crippen molar-refractivity contribution in [1.82, 2.24) is 0 Å². The van der Waals surface area contributed by atoms with Crippen molar-refractivity contribution < 1.29 is 9.47 Å². The predicted octanol–water partition coefficient (Wildman–Crippen LogP) is 5.66. The van der Waals surface area contributed by atoms with Gasteiger partial charge in [0.05, 0.1) is 19.9 Å². The maximum absolute atomic E-state index is 5.21. The highest BCUT2D eigenvalue weighted by atomic mass is 79.9. The Morgan fingerprint density at radius 2 is 1.31 bits per heavy atom. The molecule has 0 spiro atoms. The molecule has 0 radical (unpaired) electrons. The van der Waals surface area contributed by atoms with Gasteiger partial charge in [0.2, 0.25) is 0 Å². The van der Waals surface area contributed by atoms with E-state index >= 15 is 0 Å². The molecule has 132 valence electrons. The Kier molecular flexibility index (Phi) is 5.92. The van der Waals surface area contributed by atoms with Crippen LogP contribution in [0.4, 0.5) is 11.4 Å². The van der Waals surface area contributed by atoms with E-state index in [-0.39, 0.29) is 0 Å². The van der Waals surface area contributed by atoms with Crippen molar-refractivity contribution in [3.8, 4) is 11.5 Å². The van der Waals surface area contributed by atoms with Gasteiger partial charge in [-0.25, -0.2) is 4.99 Å². The van der Waals surface area contributed by atoms with Crippen molar-refractivity contribution in [2.24, 2.45) is 4.99 Å². The number of hydrogen-bond donors (Lipinski definition) is 1. The SMILES string of the molecule is COc1ccc(N=C(Nc2ccc(OC)cc2)c2ccc(Br)cc2)cc1. The summed E-state index contributed by atoms with van der Waals surface area (Å²) in [5, 5.41) is 3.39. The summed E-state index contributed by atoms with van der Waals surface area (Å²) in [6.45, 7) is 0. The van der Waals surface area contributed by atoms with Crippen LogP contribution in [0, 0.1) is 0 Å². The van der Waals surface area contributed by atoms with E-state index < -0.39 is 0 Å². The number of methoxy groups -OCH3 is 2. The van der Waals surface area contributed by atoms with Crippen LogP contribution in [0.15, 0.2) is 82.3 Å². The second-order valence-electron chi connectivity index (χ2n) is 5.52. The average molecular weight is 411 g/mol. The lowest BCUT2D eigenvalue weighted by Gasteiger charge is -2.12. The average Bonchev–Trinajstić information content (AvgIpc) is 2.69. The summed E-state index contributed by atoms with van der Waals surface area (Å²) < 4.78 is 11.4. The predicted molar refractivity (Wildman–Crippen MR) is 110 cm³/mol. The third-order valence-electron chi connectivity index (χ3n) is 3.78. The molecule has 3 aromatic rings. The van der Waals surface area contributed by atoms with Crippen LogP contribution in [0.1, 0.15) is 5.56 Å². The molecule has 5 heteroatoms. The summed E-state index contributed by atoms with van der Waals surface area (Å²) in [7, 11) is 3.30. The Hall–Kier alpha value is -2.79. The summed E-state index contributed by atoms with van der Waals surface area (Å²) in [5.41, 5.74) is 2.76. The van der Waals surface area contributed by atoms with Crippen molar-refractivity contribution in [3.05, 3.63) is 82.8 Å². The van der Waals surface area contributed by atoms with Crippen LogP contribution in [0.5, 0.6) is 11.5 Å². The fraction of sp³-hybridized carbons (Fsp3) is 0.0952. The fourth-order valence-electron chi connectivity index (χ4n) is 2.37. The Balaban J connectivity index is 1.94. The maximum Gasteiger partial charge on any atom is 0.138 e. The van der Waals surface area contributed by atoms with E-state index in [1.54, 1.807) is 14.2 Å². The Bertz CT molecular complexity index is 873. The Morgan fingerprint density at radius 3 is 1.85 bits per heavy atom. The maximum atomic E-state index is 5.21. The van der Waals surface area contributed by atoms with Gasteiger partial charge in [-0.3, -0.25) is 0 Å². The Labute approximate surface area is 161 Å². The zero-order chi connectivity index (χ0) is 18.4. The molecule has 0 bridgehead atoms. The molecular weight excluding hydrogens is 392 g/mol. The molecule has 0 saturated carbocycles. The van der Waals surface area contributed by atoms with Crippen LogP contribution in [0.25, 0.3) is 0 Å². The summed E-state index contributed by atoms with van der Waals surface area (Å²) in [5.74, 6) is 2.37. The molecule has 0 fully saturated rings. The lowest BCUT2D eigenvalue weighted by Crippen LogP contribution is -2.13. The number of benzene rings is 3. The quantitative estimate of drug-likeness (QED) is 0.436. The smallest absolute Gasteiger partial charge is 0.138 e. The van der Waals surface area contributed by atoms with Crippen LogP contribution in [0.2, 0.25) is 0 Å². The van der Waals surface area contributed by atoms with Crippen LogP contribution in [0.3, 0.4) is 0 Å². The molecule has 1 N–H and O–H groups in total. The highest BCUT2D eigenvalue weighted by Gasteiger charge is 2.06. The molecule has 26 heavy (non-hydrogen) atoms. The zero-order valence-corrected chi connectivity index (χ0v) is 16.2. The van der Waals surface area contributed by atoms with Gasteiger partial charge in [-0.2, -0.15) is 0 Å². The van der Waals surface area contributed by atoms with Gasteiger partial charge in [0.1, 0.15) is 17.3 Å². The molecule has 4 nitrogen and oxygen atoms in total. The van der Waals surface area contributed by atoms with Gasteiger partial charge in [0, 0.05) is 15.7 Å². The number of rotatable bonds is 5. The minimum absolute atomic E-state index is 0.757. The zero-order valence-electron chi connectivity index (χ0n) is 14.6. The molecule has 0 unspecified atom stereocenters. The minimum Gasteiger partial charge on any atom is -0.497 e. The molecule has 0 aliphatic rings. The summed E-state index contributed by atoms with van der Waals surface area (Å²) in [6.07, 6.45) is 0. The first-order valence-electron chi connectivity index (χ1n) is 8.08. The fourth-order valence-corrected chi connectivity index (χ4v) is 2.63. The molecule has 0 aliphatic carbocycles. The minimum atomic E-state index is 0.757. The largest absolute Gasteiger partial charge is 0.497 e. The van der Waals surface area contributed by atoms with E-state index in [1.807, 2.05) is 72.8 Å². The summed E-state index contributed by atoms with van der Waals surface area (Å²) in [4.78, 5) is 4.78. The molecule has 3 rings (SSSR count). The highest BCUT2D eigenvalue weighted by Crippen LogP contribution is 2.22. The molecule has 3 aromatic carbocycles. The van der Waals surface area contributed by atoms with Gasteiger partial charge >= 0.3 is 0 Å². The monoisotopic (exact) mass is 410 g/mol. The first-order valence-corrected chi connectivity index (χ1v) is 8.87. The lowest BCUT2D eigenvalue weighted by molar-refractivity contribution is 0.415. The van der Waals surface area contributed by atoms with E-state index in [2.05, 4.69) is 21.2 Å². The van der Waals surface area contributed by atoms with Crippen LogP contribution >= 0.6 is 15.9 Å². The summed E-state index contributed by atoms with van der Waals surface area (Å²) in [6, 6.07) is 23.4. The van der Waals surface area contributed by atoms with Crippen LogP contribution in [-0.2, 0) is 0 Å². The first kappa shape index (κ1) is 18.0. The molecule has 0 atom stereocenters. The Morgan fingerprint density at radius 1 is 0.769 bits per heavy atom. The van der Waals surface area contributed by atoms with Gasteiger partial charge in [0.15, 0.2) is 0 Å². The van der Waals surface area contributed by atoms with E-state index in [4.69, 9.17) is 14.5 Å². The van der Waals surface area contributed by atoms with E-state index in [9.17, 15) is 0 Å². The van der Waals surface area contributed by atoms with E-state index in [1.165, 1.54) is 0 Å². The van der Waals surface area contributed by atoms with Gasteiger partial charge in [-0.05, 0) is 60.7 Å². The topological polar surface area (TPSA) is 42.8 Å². The van der Waals surface area contributed by atoms with Gasteiger partial charge in [-0.1, -0.05) is 28.1 Å². The second-order valence-corrected chi connectivity index (χ2v) is 6.43. The van der Waals surface area contributed by atoms with Crippen molar-refractivity contribution in [2.75, 3.05) is 19.5 Å². The number of halogens is 1. The van der Waals surface area contributed by atoms with Crippen LogP contribution in [-0.4, -0.2) is 20.1 Å². The van der Waals surface area contributed by atoms with Gasteiger partial charge in [-0.15, -0.1) is 0 Å². The van der Waals surface area contributed by atoms with E-state index in [0.29, 0.717) is 0 Å². The van der Waals surface area contributed by atoms with Crippen LogP contribution < -0.4 is 14.8 Å². The lowest BCUT2D eigenvalue weighted by atomic mass is 10.2. The number of amidine groups is 1. The van der Waals surface area contributed by atoms with Gasteiger partial charge < -0.3 is 14.8 Å².